The quantitative estimate of drug-likeness (QED) is 0.835. The number of nitrogens with zero attached hydrogens (tertiary/aromatic N) is 2. The summed E-state index contributed by atoms with van der Waals surface area (Å²) in [4.78, 5) is 27.4. The molecule has 1 aromatic rings. The van der Waals surface area contributed by atoms with Crippen molar-refractivity contribution in [1.82, 2.24) is 9.80 Å². The van der Waals surface area contributed by atoms with Crippen molar-refractivity contribution in [3.63, 3.8) is 0 Å². The average molecular weight is 318 g/mol. The number of likely N-dealkylation sites (tertiary alicyclic amines) is 1. The number of amides is 2. The lowest BCUT2D eigenvalue weighted by Crippen LogP contribution is -2.41. The van der Waals surface area contributed by atoms with E-state index in [1.165, 1.54) is 0 Å². The van der Waals surface area contributed by atoms with Crippen molar-refractivity contribution in [2.24, 2.45) is 5.92 Å². The predicted molar refractivity (Wildman–Crippen MR) is 89.3 cm³/mol. The topological polar surface area (TPSA) is 49.9 Å². The minimum absolute atomic E-state index is 0.0345. The molecule has 0 spiro atoms. The molecule has 5 nitrogen and oxygen atoms in total. The van der Waals surface area contributed by atoms with Crippen LogP contribution < -0.4 is 4.74 Å². The summed E-state index contributed by atoms with van der Waals surface area (Å²) in [5.74, 6) is 1.13. The summed E-state index contributed by atoms with van der Waals surface area (Å²) in [6.45, 7) is 7.54. The Bertz CT molecular complexity index is 573. The molecule has 1 saturated heterocycles. The van der Waals surface area contributed by atoms with Gasteiger partial charge in [0, 0.05) is 33.6 Å². The van der Waals surface area contributed by atoms with Gasteiger partial charge in [0.25, 0.3) is 5.91 Å². The van der Waals surface area contributed by atoms with Gasteiger partial charge in [-0.25, -0.2) is 0 Å². The van der Waals surface area contributed by atoms with Crippen molar-refractivity contribution in [3.05, 3.63) is 29.8 Å². The first-order valence-corrected chi connectivity index (χ1v) is 8.10. The smallest absolute Gasteiger partial charge is 0.263 e. The molecule has 1 fully saturated rings. The fraction of sp³-hybridized carbons (Fsp3) is 0.556. The molecule has 1 heterocycles. The van der Waals surface area contributed by atoms with E-state index in [-0.39, 0.29) is 11.8 Å². The van der Waals surface area contributed by atoms with Gasteiger partial charge in [-0.05, 0) is 43.9 Å². The largest absolute Gasteiger partial charge is 0.481 e. The fourth-order valence-corrected chi connectivity index (χ4v) is 3.00. The molecule has 0 radical (unpaired) electrons. The van der Waals surface area contributed by atoms with Gasteiger partial charge < -0.3 is 14.5 Å². The number of ether oxygens (including phenoxy) is 1. The lowest BCUT2D eigenvalue weighted by Gasteiger charge is -2.25. The molecule has 2 unspecified atom stereocenters. The van der Waals surface area contributed by atoms with Crippen LogP contribution in [-0.4, -0.2) is 54.4 Å². The molecule has 5 heteroatoms. The highest BCUT2D eigenvalue weighted by Crippen LogP contribution is 2.18. The van der Waals surface area contributed by atoms with Crippen LogP contribution in [0.2, 0.25) is 0 Å². The van der Waals surface area contributed by atoms with E-state index in [1.807, 2.05) is 36.1 Å². The van der Waals surface area contributed by atoms with Gasteiger partial charge in [0.2, 0.25) is 5.91 Å². The van der Waals surface area contributed by atoms with Crippen molar-refractivity contribution in [2.75, 3.05) is 26.7 Å². The molecular weight excluding hydrogens is 292 g/mol. The monoisotopic (exact) mass is 318 g/mol. The summed E-state index contributed by atoms with van der Waals surface area (Å²) in [5, 5.41) is 0. The molecule has 2 atom stereocenters. The summed E-state index contributed by atoms with van der Waals surface area (Å²) in [6.07, 6.45) is 0.428. The first kappa shape index (κ1) is 17.3. The van der Waals surface area contributed by atoms with E-state index >= 15 is 0 Å². The van der Waals surface area contributed by atoms with E-state index < -0.39 is 6.10 Å². The maximum Gasteiger partial charge on any atom is 0.263 e. The van der Waals surface area contributed by atoms with E-state index in [2.05, 4.69) is 0 Å². The maximum absolute atomic E-state index is 12.5. The zero-order valence-corrected chi connectivity index (χ0v) is 14.4. The van der Waals surface area contributed by atoms with Crippen LogP contribution in [0.3, 0.4) is 0 Å². The fourth-order valence-electron chi connectivity index (χ4n) is 3.00. The SMILES string of the molecule is CC(=O)N1CCC(CN(C)C(=O)C(C)Oc2cccc(C)c2)C1. The van der Waals surface area contributed by atoms with Crippen molar-refractivity contribution >= 4 is 11.8 Å². The second-order valence-electron chi connectivity index (χ2n) is 6.42. The lowest BCUT2D eigenvalue weighted by atomic mass is 10.1. The number of rotatable bonds is 5. The van der Waals surface area contributed by atoms with E-state index in [0.29, 0.717) is 18.2 Å². The van der Waals surface area contributed by atoms with Crippen molar-refractivity contribution in [3.8, 4) is 5.75 Å². The lowest BCUT2D eigenvalue weighted by molar-refractivity contribution is -0.137. The van der Waals surface area contributed by atoms with Crippen molar-refractivity contribution in [2.45, 2.75) is 33.3 Å². The highest BCUT2D eigenvalue weighted by Gasteiger charge is 2.28. The number of carbonyl (C=O) groups excluding carboxylic acids is 2. The summed E-state index contributed by atoms with van der Waals surface area (Å²) in [7, 11) is 1.80. The van der Waals surface area contributed by atoms with Gasteiger partial charge in [0.15, 0.2) is 6.10 Å². The van der Waals surface area contributed by atoms with Crippen LogP contribution in [-0.2, 0) is 9.59 Å². The van der Waals surface area contributed by atoms with E-state index in [4.69, 9.17) is 4.74 Å². The van der Waals surface area contributed by atoms with E-state index in [1.54, 1.807) is 25.8 Å². The number of carbonyl (C=O) groups is 2. The second kappa shape index (κ2) is 7.49. The zero-order chi connectivity index (χ0) is 17.0. The predicted octanol–water partition coefficient (Wildman–Crippen LogP) is 2.09. The molecule has 0 aliphatic carbocycles. The van der Waals surface area contributed by atoms with E-state index in [0.717, 1.165) is 25.1 Å². The third-order valence-corrected chi connectivity index (χ3v) is 4.29. The highest BCUT2D eigenvalue weighted by molar-refractivity contribution is 5.80. The Hall–Kier alpha value is -2.04. The molecular formula is C18H26N2O3. The van der Waals surface area contributed by atoms with Crippen molar-refractivity contribution in [1.29, 1.82) is 0 Å². The third kappa shape index (κ3) is 4.71. The number of hydrogen-bond donors (Lipinski definition) is 0. The zero-order valence-electron chi connectivity index (χ0n) is 14.4. The Morgan fingerprint density at radius 3 is 2.78 bits per heavy atom. The van der Waals surface area contributed by atoms with Crippen LogP contribution in [0.25, 0.3) is 0 Å². The second-order valence-corrected chi connectivity index (χ2v) is 6.42. The van der Waals surface area contributed by atoms with Crippen LogP contribution >= 0.6 is 0 Å². The summed E-state index contributed by atoms with van der Waals surface area (Å²) in [6, 6.07) is 7.69. The Labute approximate surface area is 138 Å². The average Bonchev–Trinajstić information content (AvgIpc) is 2.95. The highest BCUT2D eigenvalue weighted by atomic mass is 16.5. The standard InChI is InChI=1S/C18H26N2O3/c1-13-6-5-7-17(10-13)23-14(2)18(22)19(4)11-16-8-9-20(12-16)15(3)21/h5-7,10,14,16H,8-9,11-12H2,1-4H3. The Balaban J connectivity index is 1.85. The summed E-state index contributed by atoms with van der Waals surface area (Å²) >= 11 is 0. The van der Waals surface area contributed by atoms with Crippen LogP contribution in [0.4, 0.5) is 0 Å². The summed E-state index contributed by atoms with van der Waals surface area (Å²) < 4.78 is 5.75. The third-order valence-electron chi connectivity index (χ3n) is 4.29. The molecule has 0 aromatic heterocycles. The number of benzene rings is 1. The normalized spacial score (nSPS) is 18.6. The number of aryl methyl sites for hydroxylation is 1. The van der Waals surface area contributed by atoms with Gasteiger partial charge >= 0.3 is 0 Å². The minimum Gasteiger partial charge on any atom is -0.481 e. The molecule has 2 rings (SSSR count). The summed E-state index contributed by atoms with van der Waals surface area (Å²) in [5.41, 5.74) is 1.10. The van der Waals surface area contributed by atoms with Crippen LogP contribution in [0.1, 0.15) is 25.8 Å². The molecule has 0 N–H and O–H groups in total. The molecule has 1 aromatic carbocycles. The maximum atomic E-state index is 12.5. The molecule has 0 saturated carbocycles. The van der Waals surface area contributed by atoms with Crippen LogP contribution in [0.15, 0.2) is 24.3 Å². The van der Waals surface area contributed by atoms with Crippen LogP contribution in [0.5, 0.6) is 5.75 Å². The van der Waals surface area contributed by atoms with Gasteiger partial charge in [0.1, 0.15) is 5.75 Å². The first-order valence-electron chi connectivity index (χ1n) is 8.10. The molecule has 1 aliphatic heterocycles. The number of likely N-dealkylation sites (N-methyl/N-ethyl adjacent to an activating group) is 1. The molecule has 2 amide bonds. The molecule has 0 bridgehead atoms. The molecule has 126 valence electrons. The Kier molecular flexibility index (Phi) is 5.64. The molecule has 1 aliphatic rings. The van der Waals surface area contributed by atoms with Crippen LogP contribution in [0, 0.1) is 12.8 Å². The van der Waals surface area contributed by atoms with Gasteiger partial charge in [-0.15, -0.1) is 0 Å². The number of hydrogen-bond acceptors (Lipinski definition) is 3. The van der Waals surface area contributed by atoms with Gasteiger partial charge in [-0.2, -0.15) is 0 Å². The molecule has 23 heavy (non-hydrogen) atoms. The Morgan fingerprint density at radius 1 is 1.43 bits per heavy atom. The van der Waals surface area contributed by atoms with Crippen molar-refractivity contribution < 1.29 is 14.3 Å². The van der Waals surface area contributed by atoms with Gasteiger partial charge in [-0.1, -0.05) is 12.1 Å². The van der Waals surface area contributed by atoms with Gasteiger partial charge in [-0.3, -0.25) is 9.59 Å². The Morgan fingerprint density at radius 2 is 2.17 bits per heavy atom. The van der Waals surface area contributed by atoms with E-state index in [9.17, 15) is 9.59 Å². The first-order chi connectivity index (χ1) is 10.9. The minimum atomic E-state index is -0.521. The van der Waals surface area contributed by atoms with Gasteiger partial charge in [0.05, 0.1) is 0 Å².